The van der Waals surface area contributed by atoms with Crippen molar-refractivity contribution in [1.82, 2.24) is 9.38 Å². The zero-order valence-corrected chi connectivity index (χ0v) is 7.19. The summed E-state index contributed by atoms with van der Waals surface area (Å²) in [5, 5.41) is 0. The lowest BCUT2D eigenvalue weighted by atomic mass is 10.3. The molecule has 2 rings (SSSR count). The molecule has 0 aliphatic heterocycles. The van der Waals surface area contributed by atoms with Crippen LogP contribution in [0.3, 0.4) is 0 Å². The highest BCUT2D eigenvalue weighted by Crippen LogP contribution is 2.14. The van der Waals surface area contributed by atoms with Gasteiger partial charge in [-0.25, -0.2) is 4.98 Å². The third-order valence-electron chi connectivity index (χ3n) is 1.90. The summed E-state index contributed by atoms with van der Waals surface area (Å²) in [4.78, 5) is 15.2. The zero-order valence-electron chi connectivity index (χ0n) is 7.19. The Bertz CT molecular complexity index is 473. The van der Waals surface area contributed by atoms with E-state index in [1.165, 1.54) is 6.92 Å². The molecule has 0 fully saturated rings. The number of hydrogen-bond donors (Lipinski definition) is 1. The number of carbonyl (C=O) groups is 1. The van der Waals surface area contributed by atoms with Crippen LogP contribution in [0.25, 0.3) is 5.65 Å². The number of Topliss-reactive ketones (excluding diaryl/α,β-unsaturated/α-hetero) is 1. The smallest absolute Gasteiger partial charge is 0.181 e. The summed E-state index contributed by atoms with van der Waals surface area (Å²) in [6.07, 6.45) is 1.78. The lowest BCUT2D eigenvalue weighted by Crippen LogP contribution is -1.99. The maximum atomic E-state index is 11.1. The van der Waals surface area contributed by atoms with Crippen LogP contribution in [0.2, 0.25) is 0 Å². The normalized spacial score (nSPS) is 10.5. The molecular weight excluding hydrogens is 166 g/mol. The van der Waals surface area contributed by atoms with E-state index in [-0.39, 0.29) is 5.78 Å². The predicted octanol–water partition coefficient (Wildman–Crippen LogP) is 1.12. The number of aromatic nitrogens is 2. The number of hydrogen-bond acceptors (Lipinski definition) is 3. The molecule has 2 heterocycles. The van der Waals surface area contributed by atoms with Gasteiger partial charge in [0.2, 0.25) is 0 Å². The summed E-state index contributed by atoms with van der Waals surface area (Å²) < 4.78 is 1.69. The molecule has 0 saturated heterocycles. The highest BCUT2D eigenvalue weighted by molar-refractivity contribution is 5.97. The van der Waals surface area contributed by atoms with Crippen molar-refractivity contribution >= 4 is 17.2 Å². The Balaban J connectivity index is 2.81. The van der Waals surface area contributed by atoms with Crippen molar-refractivity contribution < 1.29 is 4.79 Å². The summed E-state index contributed by atoms with van der Waals surface area (Å²) in [5.74, 6) is 0.296. The maximum absolute atomic E-state index is 11.1. The van der Waals surface area contributed by atoms with Gasteiger partial charge >= 0.3 is 0 Å². The SMILES string of the molecule is CC(=O)c1nc2ccccn2c1N. The first-order chi connectivity index (χ1) is 6.20. The quantitative estimate of drug-likeness (QED) is 0.660. The van der Waals surface area contributed by atoms with Gasteiger partial charge in [-0.2, -0.15) is 0 Å². The van der Waals surface area contributed by atoms with Gasteiger partial charge in [-0.15, -0.1) is 0 Å². The van der Waals surface area contributed by atoms with Crippen LogP contribution in [0.4, 0.5) is 5.82 Å². The maximum Gasteiger partial charge on any atom is 0.181 e. The van der Waals surface area contributed by atoms with E-state index in [0.717, 1.165) is 0 Å². The number of carbonyl (C=O) groups excluding carboxylic acids is 1. The van der Waals surface area contributed by atoms with Gasteiger partial charge in [0.25, 0.3) is 0 Å². The van der Waals surface area contributed by atoms with Crippen molar-refractivity contribution in [3.63, 3.8) is 0 Å². The van der Waals surface area contributed by atoms with Crippen molar-refractivity contribution in [3.8, 4) is 0 Å². The Labute approximate surface area is 75.0 Å². The fraction of sp³-hybridized carbons (Fsp3) is 0.111. The monoisotopic (exact) mass is 175 g/mol. The minimum atomic E-state index is -0.110. The summed E-state index contributed by atoms with van der Waals surface area (Å²) in [5.41, 5.74) is 6.76. The van der Waals surface area contributed by atoms with Crippen LogP contribution in [0.5, 0.6) is 0 Å². The third kappa shape index (κ3) is 1.07. The first-order valence-corrected chi connectivity index (χ1v) is 3.93. The molecule has 0 aromatic carbocycles. The molecule has 0 atom stereocenters. The molecule has 0 aliphatic rings. The highest BCUT2D eigenvalue weighted by Gasteiger charge is 2.11. The summed E-state index contributed by atoms with van der Waals surface area (Å²) in [6.45, 7) is 1.46. The average molecular weight is 175 g/mol. The van der Waals surface area contributed by atoms with E-state index in [1.54, 1.807) is 10.6 Å². The molecule has 2 aromatic rings. The van der Waals surface area contributed by atoms with Crippen LogP contribution in [0, 0.1) is 0 Å². The lowest BCUT2D eigenvalue weighted by Gasteiger charge is -1.93. The molecule has 0 bridgehead atoms. The van der Waals surface area contributed by atoms with E-state index < -0.39 is 0 Å². The number of imidazole rings is 1. The Morgan fingerprint density at radius 3 is 2.92 bits per heavy atom. The molecule has 2 N–H and O–H groups in total. The molecule has 4 heteroatoms. The molecule has 0 saturated carbocycles. The van der Waals surface area contributed by atoms with Crippen molar-refractivity contribution in [2.75, 3.05) is 5.73 Å². The third-order valence-corrected chi connectivity index (χ3v) is 1.90. The topological polar surface area (TPSA) is 60.4 Å². The van der Waals surface area contributed by atoms with Crippen molar-refractivity contribution in [1.29, 1.82) is 0 Å². The van der Waals surface area contributed by atoms with Crippen LogP contribution in [0.15, 0.2) is 24.4 Å². The molecule has 2 aromatic heterocycles. The summed E-state index contributed by atoms with van der Waals surface area (Å²) in [7, 11) is 0. The van der Waals surface area contributed by atoms with Crippen LogP contribution in [-0.4, -0.2) is 15.2 Å². The van der Waals surface area contributed by atoms with E-state index in [4.69, 9.17) is 5.73 Å². The Morgan fingerprint density at radius 1 is 1.54 bits per heavy atom. The Morgan fingerprint density at radius 2 is 2.31 bits per heavy atom. The van der Waals surface area contributed by atoms with Gasteiger partial charge in [0.05, 0.1) is 0 Å². The van der Waals surface area contributed by atoms with Crippen LogP contribution in [0.1, 0.15) is 17.4 Å². The summed E-state index contributed by atoms with van der Waals surface area (Å²) >= 11 is 0. The minimum Gasteiger partial charge on any atom is -0.383 e. The van der Waals surface area contributed by atoms with E-state index in [0.29, 0.717) is 17.2 Å². The molecule has 4 nitrogen and oxygen atoms in total. The largest absolute Gasteiger partial charge is 0.383 e. The number of nitrogen functional groups attached to an aromatic ring is 1. The van der Waals surface area contributed by atoms with Gasteiger partial charge in [-0.1, -0.05) is 6.07 Å². The molecule has 13 heavy (non-hydrogen) atoms. The summed E-state index contributed by atoms with van der Waals surface area (Å²) in [6, 6.07) is 5.50. The van der Waals surface area contributed by atoms with Gasteiger partial charge in [0, 0.05) is 13.1 Å². The van der Waals surface area contributed by atoms with Crippen molar-refractivity contribution in [2.45, 2.75) is 6.92 Å². The molecule has 0 unspecified atom stereocenters. The second kappa shape index (κ2) is 2.58. The second-order valence-corrected chi connectivity index (χ2v) is 2.83. The number of nitrogens with two attached hydrogens (primary N) is 1. The van der Waals surface area contributed by atoms with E-state index in [9.17, 15) is 4.79 Å². The van der Waals surface area contributed by atoms with Crippen LogP contribution >= 0.6 is 0 Å². The first-order valence-electron chi connectivity index (χ1n) is 3.93. The Kier molecular flexibility index (Phi) is 1.55. The van der Waals surface area contributed by atoms with E-state index >= 15 is 0 Å². The number of fused-ring (bicyclic) bond motifs is 1. The zero-order chi connectivity index (χ0) is 9.42. The Hall–Kier alpha value is -1.84. The fourth-order valence-corrected chi connectivity index (χ4v) is 1.27. The molecular formula is C9H9N3O. The van der Waals surface area contributed by atoms with E-state index in [2.05, 4.69) is 4.98 Å². The molecule has 66 valence electrons. The van der Waals surface area contributed by atoms with Gasteiger partial charge in [0.1, 0.15) is 17.2 Å². The molecule has 0 radical (unpaired) electrons. The predicted molar refractivity (Wildman–Crippen MR) is 49.6 cm³/mol. The van der Waals surface area contributed by atoms with Gasteiger partial charge in [0.15, 0.2) is 5.78 Å². The van der Waals surface area contributed by atoms with Crippen molar-refractivity contribution in [3.05, 3.63) is 30.1 Å². The van der Waals surface area contributed by atoms with Crippen LogP contribution in [-0.2, 0) is 0 Å². The number of ketones is 1. The molecule has 0 amide bonds. The lowest BCUT2D eigenvalue weighted by molar-refractivity contribution is 0.101. The van der Waals surface area contributed by atoms with Gasteiger partial charge in [-0.3, -0.25) is 9.20 Å². The van der Waals surface area contributed by atoms with Crippen LogP contribution < -0.4 is 5.73 Å². The number of pyridine rings is 1. The van der Waals surface area contributed by atoms with E-state index in [1.807, 2.05) is 18.2 Å². The fourth-order valence-electron chi connectivity index (χ4n) is 1.27. The van der Waals surface area contributed by atoms with Crippen molar-refractivity contribution in [2.24, 2.45) is 0 Å². The number of anilines is 1. The molecule has 0 spiro atoms. The minimum absolute atomic E-state index is 0.110. The molecule has 0 aliphatic carbocycles. The number of rotatable bonds is 1. The van der Waals surface area contributed by atoms with Gasteiger partial charge in [-0.05, 0) is 12.1 Å². The standard InChI is InChI=1S/C9H9N3O/c1-6(13)8-9(10)12-5-3-2-4-7(12)11-8/h2-5H,10H2,1H3. The van der Waals surface area contributed by atoms with Gasteiger partial charge < -0.3 is 5.73 Å². The first kappa shape index (κ1) is 7.79. The number of nitrogens with zero attached hydrogens (tertiary/aromatic N) is 2. The average Bonchev–Trinajstić information content (AvgIpc) is 2.45. The highest BCUT2D eigenvalue weighted by atomic mass is 16.1. The second-order valence-electron chi connectivity index (χ2n) is 2.83.